The molecule has 4 rings (SSSR count). The van der Waals surface area contributed by atoms with E-state index in [0.29, 0.717) is 45.9 Å². The quantitative estimate of drug-likeness (QED) is 0.228. The summed E-state index contributed by atoms with van der Waals surface area (Å²) >= 11 is 6.80. The summed E-state index contributed by atoms with van der Waals surface area (Å²) < 4.78 is 18.4. The lowest BCUT2D eigenvalue weighted by Gasteiger charge is -2.18. The van der Waals surface area contributed by atoms with Crippen molar-refractivity contribution in [2.75, 3.05) is 19.8 Å². The number of rotatable bonds is 10. The summed E-state index contributed by atoms with van der Waals surface area (Å²) in [6.45, 7) is 7.70. The van der Waals surface area contributed by atoms with Crippen LogP contribution in [0.1, 0.15) is 42.0 Å². The molecule has 0 radical (unpaired) electrons. The van der Waals surface area contributed by atoms with Gasteiger partial charge in [-0.05, 0) is 56.0 Å². The highest BCUT2D eigenvalue weighted by Crippen LogP contribution is 2.38. The van der Waals surface area contributed by atoms with E-state index in [1.54, 1.807) is 17.0 Å². The molecule has 0 N–H and O–H groups in total. The van der Waals surface area contributed by atoms with Gasteiger partial charge in [0.15, 0.2) is 11.5 Å². The Bertz CT molecular complexity index is 1230. The molecule has 36 heavy (non-hydrogen) atoms. The summed E-state index contributed by atoms with van der Waals surface area (Å²) in [4.78, 5) is 15.3. The van der Waals surface area contributed by atoms with Gasteiger partial charge in [-0.15, -0.1) is 6.58 Å². The number of nitriles is 1. The van der Waals surface area contributed by atoms with Crippen LogP contribution in [0.25, 0.3) is 6.08 Å². The SMILES string of the molecule is C=CCc1cc(/C=C2\SC(=S)N(C[C@H]3CCCO3)C2=O)cc(OCC)c1OCc1ccccc1C#N. The molecular formula is C28H28N2O4S2. The predicted molar refractivity (Wildman–Crippen MR) is 146 cm³/mol. The molecule has 0 aliphatic carbocycles. The maximum Gasteiger partial charge on any atom is 0.266 e. The molecule has 1 atom stereocenters. The molecule has 6 nitrogen and oxygen atoms in total. The molecule has 2 aliphatic rings. The van der Waals surface area contributed by atoms with Gasteiger partial charge in [-0.2, -0.15) is 5.26 Å². The number of nitrogens with zero attached hydrogens (tertiary/aromatic N) is 2. The highest BCUT2D eigenvalue weighted by atomic mass is 32.2. The number of carbonyl (C=O) groups excluding carboxylic acids is 1. The zero-order valence-corrected chi connectivity index (χ0v) is 21.8. The van der Waals surface area contributed by atoms with Crippen LogP contribution in [0.15, 0.2) is 54.0 Å². The lowest BCUT2D eigenvalue weighted by atomic mass is 10.0. The Labute approximate surface area is 221 Å². The van der Waals surface area contributed by atoms with E-state index >= 15 is 0 Å². The van der Waals surface area contributed by atoms with E-state index in [0.717, 1.165) is 36.1 Å². The first-order chi connectivity index (χ1) is 17.5. The zero-order chi connectivity index (χ0) is 25.5. The Balaban J connectivity index is 1.61. The van der Waals surface area contributed by atoms with Crippen molar-refractivity contribution >= 4 is 40.3 Å². The fourth-order valence-corrected chi connectivity index (χ4v) is 5.48. The van der Waals surface area contributed by atoms with Crippen molar-refractivity contribution in [3.63, 3.8) is 0 Å². The number of hydrogen-bond acceptors (Lipinski definition) is 7. The molecule has 8 heteroatoms. The molecule has 186 valence electrons. The normalized spacial score (nSPS) is 18.5. The van der Waals surface area contributed by atoms with Gasteiger partial charge >= 0.3 is 0 Å². The van der Waals surface area contributed by atoms with Crippen LogP contribution in [-0.4, -0.2) is 41.0 Å². The van der Waals surface area contributed by atoms with Gasteiger partial charge < -0.3 is 14.2 Å². The van der Waals surface area contributed by atoms with E-state index in [1.165, 1.54) is 11.8 Å². The Kier molecular flexibility index (Phi) is 8.81. The van der Waals surface area contributed by atoms with Crippen molar-refractivity contribution < 1.29 is 19.0 Å². The molecule has 0 aromatic heterocycles. The molecule has 0 unspecified atom stereocenters. The van der Waals surface area contributed by atoms with Crippen LogP contribution in [0.5, 0.6) is 11.5 Å². The molecule has 1 amide bonds. The molecule has 2 fully saturated rings. The van der Waals surface area contributed by atoms with Gasteiger partial charge in [-0.3, -0.25) is 9.69 Å². The minimum absolute atomic E-state index is 0.0400. The Morgan fingerprint density at radius 3 is 2.86 bits per heavy atom. The zero-order valence-electron chi connectivity index (χ0n) is 20.2. The molecule has 2 aromatic carbocycles. The van der Waals surface area contributed by atoms with Gasteiger partial charge in [0.2, 0.25) is 0 Å². The minimum Gasteiger partial charge on any atom is -0.490 e. The van der Waals surface area contributed by atoms with Gasteiger partial charge in [-0.25, -0.2) is 0 Å². The van der Waals surface area contributed by atoms with E-state index < -0.39 is 0 Å². The summed E-state index contributed by atoms with van der Waals surface area (Å²) in [6.07, 6.45) is 6.19. The van der Waals surface area contributed by atoms with Gasteiger partial charge in [0.05, 0.1) is 35.8 Å². The highest BCUT2D eigenvalue weighted by molar-refractivity contribution is 8.26. The van der Waals surface area contributed by atoms with Crippen LogP contribution in [0, 0.1) is 11.3 Å². The third-order valence-electron chi connectivity index (χ3n) is 5.91. The van der Waals surface area contributed by atoms with Crippen molar-refractivity contribution in [1.29, 1.82) is 5.26 Å². The number of hydrogen-bond donors (Lipinski definition) is 0. The van der Waals surface area contributed by atoms with Crippen molar-refractivity contribution in [3.8, 4) is 17.6 Å². The predicted octanol–water partition coefficient (Wildman–Crippen LogP) is 5.64. The summed E-state index contributed by atoms with van der Waals surface area (Å²) in [6, 6.07) is 13.4. The topological polar surface area (TPSA) is 71.8 Å². The Morgan fingerprint density at radius 2 is 2.14 bits per heavy atom. The lowest BCUT2D eigenvalue weighted by molar-refractivity contribution is -0.123. The van der Waals surface area contributed by atoms with Crippen LogP contribution in [0.2, 0.25) is 0 Å². The number of allylic oxidation sites excluding steroid dienone is 1. The monoisotopic (exact) mass is 520 g/mol. The summed E-state index contributed by atoms with van der Waals surface area (Å²) in [5.74, 6) is 1.08. The highest BCUT2D eigenvalue weighted by Gasteiger charge is 2.34. The maximum atomic E-state index is 13.1. The average Bonchev–Trinajstić information content (AvgIpc) is 3.48. The number of carbonyl (C=O) groups is 1. The first-order valence-corrected chi connectivity index (χ1v) is 13.1. The molecule has 2 saturated heterocycles. The fraction of sp³-hybridized carbons (Fsp3) is 0.321. The number of amides is 1. The van der Waals surface area contributed by atoms with Crippen LogP contribution in [0.4, 0.5) is 0 Å². The number of thioether (sulfide) groups is 1. The standard InChI is InChI=1S/C28H28N2O4S2/c1-3-8-20-13-19(15-25-27(31)30(28(35)36-25)17-23-11-7-12-33-23)14-24(32-4-2)26(20)34-18-22-10-6-5-9-21(22)16-29/h3,5-6,9-10,13-15,23H,1,4,7-8,11-12,17-18H2,2H3/b25-15-/t23-/m1/s1. The minimum atomic E-state index is -0.0998. The van der Waals surface area contributed by atoms with E-state index in [-0.39, 0.29) is 18.6 Å². The smallest absolute Gasteiger partial charge is 0.266 e. The van der Waals surface area contributed by atoms with Gasteiger partial charge in [0.25, 0.3) is 5.91 Å². The third-order valence-corrected chi connectivity index (χ3v) is 7.29. The first kappa shape index (κ1) is 26.0. The lowest BCUT2D eigenvalue weighted by Crippen LogP contribution is -2.35. The molecule has 0 spiro atoms. The Hall–Kier alpha value is -3.12. The molecule has 0 saturated carbocycles. The van der Waals surface area contributed by atoms with Crippen LogP contribution < -0.4 is 9.47 Å². The van der Waals surface area contributed by atoms with E-state index in [1.807, 2.05) is 43.3 Å². The second-order valence-corrected chi connectivity index (χ2v) is 10.1. The second kappa shape index (κ2) is 12.2. The third kappa shape index (κ3) is 5.98. The number of ether oxygens (including phenoxy) is 3. The molecule has 0 bridgehead atoms. The molecule has 2 aromatic rings. The first-order valence-electron chi connectivity index (χ1n) is 11.9. The van der Waals surface area contributed by atoms with Gasteiger partial charge in [-0.1, -0.05) is 48.3 Å². The molecule has 2 aliphatic heterocycles. The van der Waals surface area contributed by atoms with Crippen LogP contribution in [0.3, 0.4) is 0 Å². The average molecular weight is 521 g/mol. The van der Waals surface area contributed by atoms with Crippen molar-refractivity contribution in [2.45, 2.75) is 38.9 Å². The summed E-state index contributed by atoms with van der Waals surface area (Å²) in [5.41, 5.74) is 3.07. The maximum absolute atomic E-state index is 13.1. The van der Waals surface area contributed by atoms with Crippen molar-refractivity contribution in [2.24, 2.45) is 0 Å². The van der Waals surface area contributed by atoms with Gasteiger partial charge in [0.1, 0.15) is 10.9 Å². The Morgan fingerprint density at radius 1 is 1.31 bits per heavy atom. The summed E-state index contributed by atoms with van der Waals surface area (Å²) in [7, 11) is 0. The number of thiocarbonyl (C=S) groups is 1. The molecule has 2 heterocycles. The molecular weight excluding hydrogens is 492 g/mol. The fourth-order valence-electron chi connectivity index (χ4n) is 4.21. The van der Waals surface area contributed by atoms with Crippen molar-refractivity contribution in [1.82, 2.24) is 4.90 Å². The van der Waals surface area contributed by atoms with Crippen LogP contribution in [-0.2, 0) is 22.6 Å². The largest absolute Gasteiger partial charge is 0.490 e. The van der Waals surface area contributed by atoms with E-state index in [4.69, 9.17) is 26.4 Å². The second-order valence-electron chi connectivity index (χ2n) is 8.42. The number of benzene rings is 2. The van der Waals surface area contributed by atoms with E-state index in [9.17, 15) is 10.1 Å². The van der Waals surface area contributed by atoms with Crippen LogP contribution >= 0.6 is 24.0 Å². The summed E-state index contributed by atoms with van der Waals surface area (Å²) in [5, 5.41) is 9.40. The van der Waals surface area contributed by atoms with Crippen molar-refractivity contribution in [3.05, 3.63) is 76.2 Å². The van der Waals surface area contributed by atoms with Gasteiger partial charge in [0, 0.05) is 17.7 Å². The van der Waals surface area contributed by atoms with E-state index in [2.05, 4.69) is 12.6 Å².